The van der Waals surface area contributed by atoms with Gasteiger partial charge in [0.25, 0.3) is 0 Å². The van der Waals surface area contributed by atoms with Gasteiger partial charge in [-0.2, -0.15) is 0 Å². The molecule has 5 rings (SSSR count). The Morgan fingerprint density at radius 2 is 1.53 bits per heavy atom. The number of rotatable bonds is 6. The van der Waals surface area contributed by atoms with Crippen molar-refractivity contribution in [1.82, 2.24) is 25.2 Å². The zero-order valence-electron chi connectivity index (χ0n) is 18.8. The van der Waals surface area contributed by atoms with Crippen molar-refractivity contribution in [2.24, 2.45) is 0 Å². The fourth-order valence-corrected chi connectivity index (χ4v) is 4.18. The molecule has 0 unspecified atom stereocenters. The van der Waals surface area contributed by atoms with Crippen molar-refractivity contribution in [3.63, 3.8) is 0 Å². The van der Waals surface area contributed by atoms with Gasteiger partial charge in [0.2, 0.25) is 11.8 Å². The molecule has 0 spiro atoms. The van der Waals surface area contributed by atoms with Gasteiger partial charge < -0.3 is 15.1 Å². The summed E-state index contributed by atoms with van der Waals surface area (Å²) in [6.45, 7) is 2.78. The highest BCUT2D eigenvalue weighted by atomic mass is 16.2. The zero-order chi connectivity index (χ0) is 23.3. The Morgan fingerprint density at radius 1 is 0.853 bits per heavy atom. The molecule has 1 aliphatic rings. The average Bonchev–Trinajstić information content (AvgIpc) is 3.31. The summed E-state index contributed by atoms with van der Waals surface area (Å²) < 4.78 is 1.58. The largest absolute Gasteiger partial charge is 0.339 e. The first-order valence-electron chi connectivity index (χ1n) is 11.4. The van der Waals surface area contributed by atoms with Crippen molar-refractivity contribution in [3.05, 3.63) is 78.9 Å². The maximum atomic E-state index is 13.5. The number of carbonyl (C=O) groups is 2. The summed E-state index contributed by atoms with van der Waals surface area (Å²) in [6, 6.07) is 25.3. The van der Waals surface area contributed by atoms with Gasteiger partial charge in [0.15, 0.2) is 0 Å². The number of aromatic nitrogens is 3. The molecule has 3 aromatic carbocycles. The molecular weight excluding hydrogens is 428 g/mol. The molecular formula is C26H26N6O2. The van der Waals surface area contributed by atoms with Gasteiger partial charge in [-0.25, -0.2) is 4.68 Å². The Labute approximate surface area is 197 Å². The fraction of sp³-hybridized carbons (Fsp3) is 0.231. The van der Waals surface area contributed by atoms with E-state index in [0.717, 1.165) is 35.2 Å². The van der Waals surface area contributed by atoms with Gasteiger partial charge in [-0.05, 0) is 35.4 Å². The van der Waals surface area contributed by atoms with Gasteiger partial charge in [-0.1, -0.05) is 59.8 Å². The quantitative estimate of drug-likeness (QED) is 0.484. The second kappa shape index (κ2) is 9.84. The van der Waals surface area contributed by atoms with Crippen molar-refractivity contribution >= 4 is 28.5 Å². The van der Waals surface area contributed by atoms with E-state index in [1.807, 2.05) is 78.9 Å². The molecule has 2 heterocycles. The van der Waals surface area contributed by atoms with Crippen LogP contribution in [-0.2, 0) is 16.1 Å². The van der Waals surface area contributed by atoms with Crippen LogP contribution >= 0.6 is 0 Å². The van der Waals surface area contributed by atoms with Crippen molar-refractivity contribution in [1.29, 1.82) is 0 Å². The van der Waals surface area contributed by atoms with E-state index in [0.29, 0.717) is 18.8 Å². The first-order valence-corrected chi connectivity index (χ1v) is 11.4. The average molecular weight is 455 g/mol. The molecule has 1 aliphatic heterocycles. The molecule has 34 heavy (non-hydrogen) atoms. The van der Waals surface area contributed by atoms with E-state index >= 15 is 0 Å². The summed E-state index contributed by atoms with van der Waals surface area (Å²) in [6.07, 6.45) is 0. The molecule has 1 fully saturated rings. The van der Waals surface area contributed by atoms with Crippen molar-refractivity contribution in [2.75, 3.05) is 37.6 Å². The third kappa shape index (κ3) is 4.67. The van der Waals surface area contributed by atoms with E-state index < -0.39 is 0 Å². The first kappa shape index (κ1) is 21.8. The van der Waals surface area contributed by atoms with E-state index in [-0.39, 0.29) is 24.9 Å². The molecule has 0 radical (unpaired) electrons. The Hall–Kier alpha value is -4.04. The fourth-order valence-electron chi connectivity index (χ4n) is 4.18. The van der Waals surface area contributed by atoms with Crippen LogP contribution in [0.25, 0.3) is 22.2 Å². The lowest BCUT2D eigenvalue weighted by atomic mass is 10.1. The number of benzene rings is 3. The summed E-state index contributed by atoms with van der Waals surface area (Å²) >= 11 is 0. The number of nitrogens with one attached hydrogen (secondary N) is 1. The monoisotopic (exact) mass is 454 g/mol. The molecule has 0 aliphatic carbocycles. The smallest absolute Gasteiger partial charge is 0.249 e. The van der Waals surface area contributed by atoms with Crippen LogP contribution in [0.4, 0.5) is 5.69 Å². The maximum Gasteiger partial charge on any atom is 0.249 e. The van der Waals surface area contributed by atoms with Crippen LogP contribution in [0.1, 0.15) is 0 Å². The lowest BCUT2D eigenvalue weighted by Crippen LogP contribution is -2.50. The Morgan fingerprint density at radius 3 is 2.29 bits per heavy atom. The lowest BCUT2D eigenvalue weighted by Gasteiger charge is -2.30. The normalized spacial score (nSPS) is 13.7. The number of amides is 2. The van der Waals surface area contributed by atoms with Crippen LogP contribution in [0.5, 0.6) is 0 Å². The van der Waals surface area contributed by atoms with Crippen LogP contribution in [-0.4, -0.2) is 64.4 Å². The molecule has 2 amide bonds. The molecule has 0 atom stereocenters. The van der Waals surface area contributed by atoms with Gasteiger partial charge in [0.1, 0.15) is 18.6 Å². The van der Waals surface area contributed by atoms with Gasteiger partial charge >= 0.3 is 0 Å². The second-order valence-corrected chi connectivity index (χ2v) is 8.26. The van der Waals surface area contributed by atoms with Crippen LogP contribution in [0.3, 0.4) is 0 Å². The number of piperazine rings is 1. The minimum Gasteiger partial charge on any atom is -0.339 e. The first-order chi connectivity index (χ1) is 16.7. The second-order valence-electron chi connectivity index (χ2n) is 8.26. The molecule has 8 nitrogen and oxygen atoms in total. The Balaban J connectivity index is 1.41. The third-order valence-electron chi connectivity index (χ3n) is 6.06. The van der Waals surface area contributed by atoms with E-state index in [1.54, 1.807) is 14.5 Å². The van der Waals surface area contributed by atoms with Crippen molar-refractivity contribution in [3.8, 4) is 11.1 Å². The van der Waals surface area contributed by atoms with Gasteiger partial charge in [0.05, 0.1) is 5.52 Å². The molecule has 0 saturated carbocycles. The molecule has 4 aromatic rings. The molecule has 0 bridgehead atoms. The van der Waals surface area contributed by atoms with Crippen LogP contribution in [0.15, 0.2) is 78.9 Å². The zero-order valence-corrected chi connectivity index (χ0v) is 18.8. The molecule has 8 heteroatoms. The number of nitrogens with zero attached hydrogens (tertiary/aromatic N) is 5. The summed E-state index contributed by atoms with van der Waals surface area (Å²) in [5, 5.41) is 11.5. The maximum absolute atomic E-state index is 13.5. The standard InChI is InChI=1S/C26H26N6O2/c33-25(30-16-14-27-15-17-30)18-31(22-12-10-21(11-13-22)20-6-2-1-3-7-20)26(34)19-32-24-9-5-4-8-23(24)28-29-32/h1-13,27H,14-19H2. The van der Waals surface area contributed by atoms with Crippen molar-refractivity contribution in [2.45, 2.75) is 6.54 Å². The predicted molar refractivity (Wildman–Crippen MR) is 131 cm³/mol. The number of hydrogen-bond donors (Lipinski definition) is 1. The molecule has 1 aromatic heterocycles. The number of fused-ring (bicyclic) bond motifs is 1. The van der Waals surface area contributed by atoms with Crippen LogP contribution in [0.2, 0.25) is 0 Å². The minimum absolute atomic E-state index is 0.00418. The highest BCUT2D eigenvalue weighted by Crippen LogP contribution is 2.24. The SMILES string of the molecule is O=C(CN(C(=O)Cn1nnc2ccccc21)c1ccc(-c2ccccc2)cc1)N1CCNCC1. The third-order valence-corrected chi connectivity index (χ3v) is 6.06. The summed E-state index contributed by atoms with van der Waals surface area (Å²) in [7, 11) is 0. The lowest BCUT2D eigenvalue weighted by molar-refractivity contribution is -0.132. The predicted octanol–water partition coefficient (Wildman–Crippen LogP) is 2.56. The molecule has 172 valence electrons. The molecule has 1 saturated heterocycles. The topological polar surface area (TPSA) is 83.4 Å². The molecule has 1 N–H and O–H groups in total. The Kier molecular flexibility index (Phi) is 6.31. The Bertz CT molecular complexity index is 1280. The van der Waals surface area contributed by atoms with Gasteiger partial charge in [-0.15, -0.1) is 5.10 Å². The minimum atomic E-state index is -0.216. The van der Waals surface area contributed by atoms with Crippen LogP contribution < -0.4 is 10.2 Å². The highest BCUT2D eigenvalue weighted by Gasteiger charge is 2.24. The number of para-hydroxylation sites is 1. The van der Waals surface area contributed by atoms with Gasteiger partial charge in [-0.3, -0.25) is 9.59 Å². The van der Waals surface area contributed by atoms with Gasteiger partial charge in [0, 0.05) is 31.9 Å². The summed E-state index contributed by atoms with van der Waals surface area (Å²) in [5.41, 5.74) is 4.33. The van der Waals surface area contributed by atoms with E-state index in [4.69, 9.17) is 0 Å². The van der Waals surface area contributed by atoms with E-state index in [9.17, 15) is 9.59 Å². The summed E-state index contributed by atoms with van der Waals surface area (Å²) in [4.78, 5) is 29.9. The summed E-state index contributed by atoms with van der Waals surface area (Å²) in [5.74, 6) is -0.281. The van der Waals surface area contributed by atoms with Crippen molar-refractivity contribution < 1.29 is 9.59 Å². The van der Waals surface area contributed by atoms with Crippen LogP contribution in [0, 0.1) is 0 Å². The highest BCUT2D eigenvalue weighted by molar-refractivity contribution is 5.99. The number of anilines is 1. The number of carbonyl (C=O) groups excluding carboxylic acids is 2. The number of hydrogen-bond acceptors (Lipinski definition) is 5. The van der Waals surface area contributed by atoms with E-state index in [1.165, 1.54) is 0 Å². The van der Waals surface area contributed by atoms with E-state index in [2.05, 4.69) is 15.6 Å².